The van der Waals surface area contributed by atoms with Gasteiger partial charge in [-0.15, -0.1) is 0 Å². The Hall–Kier alpha value is -3.11. The molecule has 0 saturated carbocycles. The van der Waals surface area contributed by atoms with Crippen LogP contribution in [0.1, 0.15) is 36.5 Å². The minimum absolute atomic E-state index is 0.0496. The number of nitrogens with zero attached hydrogens (tertiary/aromatic N) is 1. The van der Waals surface area contributed by atoms with Gasteiger partial charge in [-0.1, -0.05) is 91.3 Å². The highest BCUT2D eigenvalue weighted by atomic mass is 35.5. The fraction of sp³-hybridized carbons (Fsp3) is 0.286. The van der Waals surface area contributed by atoms with Gasteiger partial charge in [0.2, 0.25) is 11.8 Å². The van der Waals surface area contributed by atoms with Crippen LogP contribution in [0.3, 0.4) is 0 Å². The Kier molecular flexibility index (Phi) is 9.52. The first kappa shape index (κ1) is 24.5. The third-order valence-corrected chi connectivity index (χ3v) is 5.77. The molecule has 3 aromatic carbocycles. The Morgan fingerprint density at radius 1 is 0.879 bits per heavy atom. The molecule has 0 saturated heterocycles. The van der Waals surface area contributed by atoms with E-state index in [0.29, 0.717) is 37.4 Å². The first-order valence-corrected chi connectivity index (χ1v) is 11.8. The van der Waals surface area contributed by atoms with E-state index in [1.54, 1.807) is 4.90 Å². The zero-order valence-corrected chi connectivity index (χ0v) is 19.8. The first-order valence-electron chi connectivity index (χ1n) is 11.5. The summed E-state index contributed by atoms with van der Waals surface area (Å²) >= 11 is 6.21. The molecule has 4 nitrogen and oxygen atoms in total. The summed E-state index contributed by atoms with van der Waals surface area (Å²) in [7, 11) is 0. The predicted octanol–water partition coefficient (Wildman–Crippen LogP) is 5.44. The highest BCUT2D eigenvalue weighted by molar-refractivity contribution is 6.30. The number of amides is 2. The quantitative estimate of drug-likeness (QED) is 0.412. The van der Waals surface area contributed by atoms with Crippen molar-refractivity contribution >= 4 is 23.4 Å². The summed E-state index contributed by atoms with van der Waals surface area (Å²) in [5.41, 5.74) is 3.02. The lowest BCUT2D eigenvalue weighted by atomic mass is 10.0. The smallest absolute Gasteiger partial charge is 0.243 e. The molecule has 3 aromatic rings. The summed E-state index contributed by atoms with van der Waals surface area (Å²) in [6, 6.07) is 26.6. The maximum absolute atomic E-state index is 13.5. The highest BCUT2D eigenvalue weighted by Gasteiger charge is 2.30. The zero-order chi connectivity index (χ0) is 23.5. The standard InChI is InChI=1S/C28H31ClN2O2/c1-2-18-30-28(33)26(20-23-12-7-4-8-13-23)31(21-24-14-9-15-25(29)19-24)27(32)17-16-22-10-5-3-6-11-22/h3-15,19,26H,2,16-18,20-21H2,1H3,(H,30,33)/t26-/m1/s1. The van der Waals surface area contributed by atoms with Gasteiger partial charge in [0.25, 0.3) is 0 Å². The van der Waals surface area contributed by atoms with E-state index in [0.717, 1.165) is 23.1 Å². The molecule has 0 aliphatic heterocycles. The second kappa shape index (κ2) is 12.8. The van der Waals surface area contributed by atoms with Gasteiger partial charge in [0.1, 0.15) is 6.04 Å². The molecule has 172 valence electrons. The summed E-state index contributed by atoms with van der Waals surface area (Å²) < 4.78 is 0. The summed E-state index contributed by atoms with van der Waals surface area (Å²) in [6.07, 6.45) is 2.24. The van der Waals surface area contributed by atoms with Gasteiger partial charge in [0.05, 0.1) is 0 Å². The third-order valence-electron chi connectivity index (χ3n) is 5.53. The molecule has 3 rings (SSSR count). The topological polar surface area (TPSA) is 49.4 Å². The van der Waals surface area contributed by atoms with Crippen molar-refractivity contribution in [3.05, 3.63) is 107 Å². The lowest BCUT2D eigenvalue weighted by Crippen LogP contribution is -2.50. The van der Waals surface area contributed by atoms with Crippen molar-refractivity contribution in [1.82, 2.24) is 10.2 Å². The second-order valence-electron chi connectivity index (χ2n) is 8.13. The van der Waals surface area contributed by atoms with E-state index in [1.807, 2.05) is 91.9 Å². The molecule has 1 N–H and O–H groups in total. The lowest BCUT2D eigenvalue weighted by Gasteiger charge is -2.31. The van der Waals surface area contributed by atoms with Gasteiger partial charge in [-0.25, -0.2) is 0 Å². The molecule has 0 aliphatic carbocycles. The van der Waals surface area contributed by atoms with Crippen LogP contribution in [-0.2, 0) is 29.0 Å². The predicted molar refractivity (Wildman–Crippen MR) is 134 cm³/mol. The Labute approximate surface area is 201 Å². The Balaban J connectivity index is 1.88. The van der Waals surface area contributed by atoms with E-state index >= 15 is 0 Å². The van der Waals surface area contributed by atoms with Crippen molar-refractivity contribution in [3.63, 3.8) is 0 Å². The van der Waals surface area contributed by atoms with Crippen LogP contribution in [0.2, 0.25) is 5.02 Å². The van der Waals surface area contributed by atoms with Crippen LogP contribution in [0.15, 0.2) is 84.9 Å². The summed E-state index contributed by atoms with van der Waals surface area (Å²) in [5.74, 6) is -0.179. The highest BCUT2D eigenvalue weighted by Crippen LogP contribution is 2.19. The lowest BCUT2D eigenvalue weighted by molar-refractivity contribution is -0.141. The average molecular weight is 463 g/mol. The molecule has 0 unspecified atom stereocenters. The molecule has 2 amide bonds. The van der Waals surface area contributed by atoms with E-state index in [2.05, 4.69) is 5.32 Å². The summed E-state index contributed by atoms with van der Waals surface area (Å²) in [6.45, 7) is 2.92. The van der Waals surface area contributed by atoms with Gasteiger partial charge < -0.3 is 10.2 Å². The van der Waals surface area contributed by atoms with E-state index in [9.17, 15) is 9.59 Å². The van der Waals surface area contributed by atoms with Gasteiger partial charge >= 0.3 is 0 Å². The number of carbonyl (C=O) groups is 2. The maximum Gasteiger partial charge on any atom is 0.243 e. The fourth-order valence-corrected chi connectivity index (χ4v) is 4.00. The molecule has 0 heterocycles. The van der Waals surface area contributed by atoms with Crippen molar-refractivity contribution in [2.24, 2.45) is 0 Å². The van der Waals surface area contributed by atoms with Crippen LogP contribution in [0.25, 0.3) is 0 Å². The molecular weight excluding hydrogens is 432 g/mol. The molecule has 5 heteroatoms. The van der Waals surface area contributed by atoms with Crippen molar-refractivity contribution in [2.45, 2.75) is 45.2 Å². The normalized spacial score (nSPS) is 11.6. The molecular formula is C28H31ClN2O2. The Morgan fingerprint density at radius 2 is 1.52 bits per heavy atom. The first-order chi connectivity index (χ1) is 16.1. The number of aryl methyl sites for hydroxylation is 1. The molecule has 0 bridgehead atoms. The monoisotopic (exact) mass is 462 g/mol. The van der Waals surface area contributed by atoms with Crippen LogP contribution in [-0.4, -0.2) is 29.3 Å². The summed E-state index contributed by atoms with van der Waals surface area (Å²) in [5, 5.41) is 3.61. The van der Waals surface area contributed by atoms with Crippen LogP contribution >= 0.6 is 11.6 Å². The molecule has 0 radical (unpaired) electrons. The number of rotatable bonds is 11. The van der Waals surface area contributed by atoms with Crippen LogP contribution in [0.5, 0.6) is 0 Å². The van der Waals surface area contributed by atoms with Crippen molar-refractivity contribution < 1.29 is 9.59 Å². The zero-order valence-electron chi connectivity index (χ0n) is 19.0. The third kappa shape index (κ3) is 7.76. The van der Waals surface area contributed by atoms with E-state index < -0.39 is 6.04 Å². The van der Waals surface area contributed by atoms with Crippen LogP contribution in [0.4, 0.5) is 0 Å². The SMILES string of the molecule is CCCNC(=O)[C@@H](Cc1ccccc1)N(Cc1cccc(Cl)c1)C(=O)CCc1ccccc1. The van der Waals surface area contributed by atoms with E-state index in [4.69, 9.17) is 11.6 Å². The largest absolute Gasteiger partial charge is 0.354 e. The number of benzene rings is 3. The van der Waals surface area contributed by atoms with Gasteiger partial charge in [0.15, 0.2) is 0 Å². The Bertz CT molecular complexity index is 1020. The van der Waals surface area contributed by atoms with Crippen molar-refractivity contribution in [1.29, 1.82) is 0 Å². The van der Waals surface area contributed by atoms with Gasteiger partial charge in [-0.3, -0.25) is 9.59 Å². The average Bonchev–Trinajstić information content (AvgIpc) is 2.84. The number of halogens is 1. The molecule has 0 spiro atoms. The van der Waals surface area contributed by atoms with Crippen LogP contribution in [0, 0.1) is 0 Å². The second-order valence-corrected chi connectivity index (χ2v) is 8.57. The molecule has 33 heavy (non-hydrogen) atoms. The molecule has 0 aromatic heterocycles. The molecule has 1 atom stereocenters. The summed E-state index contributed by atoms with van der Waals surface area (Å²) in [4.78, 5) is 28.5. The Morgan fingerprint density at radius 3 is 2.15 bits per heavy atom. The van der Waals surface area contributed by atoms with Crippen molar-refractivity contribution in [3.8, 4) is 0 Å². The van der Waals surface area contributed by atoms with Gasteiger partial charge in [0, 0.05) is 31.0 Å². The molecule has 0 fully saturated rings. The minimum Gasteiger partial charge on any atom is -0.354 e. The molecule has 0 aliphatic rings. The van der Waals surface area contributed by atoms with E-state index in [-0.39, 0.29) is 11.8 Å². The number of hydrogen-bond acceptors (Lipinski definition) is 2. The maximum atomic E-state index is 13.5. The van der Waals surface area contributed by atoms with Gasteiger partial charge in [-0.2, -0.15) is 0 Å². The van der Waals surface area contributed by atoms with Crippen molar-refractivity contribution in [2.75, 3.05) is 6.54 Å². The number of carbonyl (C=O) groups excluding carboxylic acids is 2. The minimum atomic E-state index is -0.610. The number of nitrogens with one attached hydrogen (secondary N) is 1. The van der Waals surface area contributed by atoms with Gasteiger partial charge in [-0.05, 0) is 41.7 Å². The van der Waals surface area contributed by atoms with Crippen LogP contribution < -0.4 is 5.32 Å². The van der Waals surface area contributed by atoms with E-state index in [1.165, 1.54) is 0 Å². The fourth-order valence-electron chi connectivity index (χ4n) is 3.79. The number of hydrogen-bond donors (Lipinski definition) is 1.